The fourth-order valence-corrected chi connectivity index (χ4v) is 3.34. The van der Waals surface area contributed by atoms with Crippen LogP contribution in [0.15, 0.2) is 30.3 Å². The largest absolute Gasteiger partial charge is 0.311 e. The summed E-state index contributed by atoms with van der Waals surface area (Å²) in [5.74, 6) is 0.798. The molecular formula is C16H24N2. The van der Waals surface area contributed by atoms with E-state index in [-0.39, 0.29) is 0 Å². The van der Waals surface area contributed by atoms with Gasteiger partial charge < -0.3 is 5.32 Å². The first kappa shape index (κ1) is 12.2. The van der Waals surface area contributed by atoms with Crippen molar-refractivity contribution >= 4 is 0 Å². The maximum atomic E-state index is 3.65. The van der Waals surface area contributed by atoms with Crippen LogP contribution in [-0.2, 0) is 0 Å². The van der Waals surface area contributed by atoms with E-state index >= 15 is 0 Å². The first-order valence-corrected chi connectivity index (χ1v) is 7.41. The molecule has 1 saturated carbocycles. The predicted octanol–water partition coefficient (Wildman–Crippen LogP) is 2.62. The molecule has 1 saturated heterocycles. The summed E-state index contributed by atoms with van der Waals surface area (Å²) in [6.07, 6.45) is 3.97. The standard InChI is InChI=1S/C16H24N2/c1-2-6-14-12-18(10-9-17-14)16-11-15(16)13-7-4-3-5-8-13/h3-5,7-8,14-17H,2,6,9-12H2,1H3. The number of hydrogen-bond acceptors (Lipinski definition) is 2. The molecule has 18 heavy (non-hydrogen) atoms. The summed E-state index contributed by atoms with van der Waals surface area (Å²) in [5, 5.41) is 3.65. The lowest BCUT2D eigenvalue weighted by atomic mass is 10.1. The van der Waals surface area contributed by atoms with Crippen molar-refractivity contribution in [3.8, 4) is 0 Å². The first-order chi connectivity index (χ1) is 8.88. The summed E-state index contributed by atoms with van der Waals surface area (Å²) in [6, 6.07) is 12.6. The van der Waals surface area contributed by atoms with Crippen molar-refractivity contribution in [3.05, 3.63) is 35.9 Å². The fourth-order valence-electron chi connectivity index (χ4n) is 3.34. The highest BCUT2D eigenvalue weighted by atomic mass is 15.2. The van der Waals surface area contributed by atoms with Crippen molar-refractivity contribution in [1.82, 2.24) is 10.2 Å². The van der Waals surface area contributed by atoms with Crippen molar-refractivity contribution in [1.29, 1.82) is 0 Å². The molecule has 0 bridgehead atoms. The third-order valence-electron chi connectivity index (χ3n) is 4.38. The summed E-state index contributed by atoms with van der Waals surface area (Å²) < 4.78 is 0. The van der Waals surface area contributed by atoms with E-state index < -0.39 is 0 Å². The molecule has 3 unspecified atom stereocenters. The molecule has 98 valence electrons. The highest BCUT2D eigenvalue weighted by Gasteiger charge is 2.43. The van der Waals surface area contributed by atoms with Crippen LogP contribution in [0.25, 0.3) is 0 Å². The Balaban J connectivity index is 1.57. The number of benzene rings is 1. The molecule has 3 rings (SSSR count). The van der Waals surface area contributed by atoms with Crippen molar-refractivity contribution in [2.24, 2.45) is 0 Å². The third-order valence-corrected chi connectivity index (χ3v) is 4.38. The van der Waals surface area contributed by atoms with Crippen LogP contribution in [0.1, 0.15) is 37.7 Å². The molecular weight excluding hydrogens is 220 g/mol. The number of hydrogen-bond donors (Lipinski definition) is 1. The quantitative estimate of drug-likeness (QED) is 0.876. The lowest BCUT2D eigenvalue weighted by Gasteiger charge is -2.34. The topological polar surface area (TPSA) is 15.3 Å². The summed E-state index contributed by atoms with van der Waals surface area (Å²) in [4.78, 5) is 2.72. The molecule has 2 heteroatoms. The smallest absolute Gasteiger partial charge is 0.0195 e. The van der Waals surface area contributed by atoms with E-state index in [4.69, 9.17) is 0 Å². The lowest BCUT2D eigenvalue weighted by Crippen LogP contribution is -2.51. The van der Waals surface area contributed by atoms with E-state index in [0.717, 1.165) is 18.0 Å². The highest BCUT2D eigenvalue weighted by molar-refractivity contribution is 5.28. The van der Waals surface area contributed by atoms with Crippen LogP contribution < -0.4 is 5.32 Å². The third kappa shape index (κ3) is 2.60. The van der Waals surface area contributed by atoms with Gasteiger partial charge in [-0.3, -0.25) is 4.90 Å². The van der Waals surface area contributed by atoms with Crippen LogP contribution in [-0.4, -0.2) is 36.6 Å². The van der Waals surface area contributed by atoms with E-state index in [2.05, 4.69) is 47.5 Å². The molecule has 1 heterocycles. The van der Waals surface area contributed by atoms with E-state index in [1.165, 1.54) is 44.5 Å². The number of nitrogens with one attached hydrogen (secondary N) is 1. The molecule has 0 spiro atoms. The first-order valence-electron chi connectivity index (χ1n) is 7.41. The van der Waals surface area contributed by atoms with Gasteiger partial charge in [0.25, 0.3) is 0 Å². The Hall–Kier alpha value is -0.860. The van der Waals surface area contributed by atoms with E-state index in [1.807, 2.05) is 0 Å². The molecule has 0 aromatic heterocycles. The van der Waals surface area contributed by atoms with Crippen LogP contribution in [0, 0.1) is 0 Å². The lowest BCUT2D eigenvalue weighted by molar-refractivity contribution is 0.183. The average Bonchev–Trinajstić information content (AvgIpc) is 3.21. The van der Waals surface area contributed by atoms with Gasteiger partial charge in [-0.1, -0.05) is 43.7 Å². The highest BCUT2D eigenvalue weighted by Crippen LogP contribution is 2.44. The van der Waals surface area contributed by atoms with Gasteiger partial charge in [-0.15, -0.1) is 0 Å². The molecule has 3 atom stereocenters. The van der Waals surface area contributed by atoms with Gasteiger partial charge in [0.15, 0.2) is 0 Å². The van der Waals surface area contributed by atoms with Crippen molar-refractivity contribution in [2.75, 3.05) is 19.6 Å². The molecule has 1 aromatic carbocycles. The second-order valence-corrected chi connectivity index (χ2v) is 5.75. The second-order valence-electron chi connectivity index (χ2n) is 5.75. The van der Waals surface area contributed by atoms with Crippen LogP contribution in [0.3, 0.4) is 0 Å². The van der Waals surface area contributed by atoms with Crippen LogP contribution in [0.2, 0.25) is 0 Å². The van der Waals surface area contributed by atoms with Gasteiger partial charge in [0.1, 0.15) is 0 Å². The average molecular weight is 244 g/mol. The predicted molar refractivity (Wildman–Crippen MR) is 75.9 cm³/mol. The van der Waals surface area contributed by atoms with Crippen LogP contribution >= 0.6 is 0 Å². The minimum atomic E-state index is 0.723. The van der Waals surface area contributed by atoms with Crippen molar-refractivity contribution in [3.63, 3.8) is 0 Å². The van der Waals surface area contributed by atoms with Crippen LogP contribution in [0.4, 0.5) is 0 Å². The summed E-state index contributed by atoms with van der Waals surface area (Å²) in [5.41, 5.74) is 1.54. The van der Waals surface area contributed by atoms with Gasteiger partial charge in [0, 0.05) is 37.6 Å². The zero-order valence-electron chi connectivity index (χ0n) is 11.3. The number of rotatable bonds is 4. The monoisotopic (exact) mass is 244 g/mol. The fraction of sp³-hybridized carbons (Fsp3) is 0.625. The molecule has 2 nitrogen and oxygen atoms in total. The Morgan fingerprint density at radius 1 is 1.28 bits per heavy atom. The minimum absolute atomic E-state index is 0.723. The Bertz CT molecular complexity index is 374. The van der Waals surface area contributed by atoms with E-state index in [9.17, 15) is 0 Å². The van der Waals surface area contributed by atoms with Gasteiger partial charge in [-0.2, -0.15) is 0 Å². The maximum absolute atomic E-state index is 3.65. The summed E-state index contributed by atoms with van der Waals surface area (Å²) in [6.45, 7) is 5.93. The Morgan fingerprint density at radius 3 is 2.89 bits per heavy atom. The van der Waals surface area contributed by atoms with Crippen molar-refractivity contribution in [2.45, 2.75) is 44.2 Å². The number of piperazine rings is 1. The van der Waals surface area contributed by atoms with Gasteiger partial charge in [-0.05, 0) is 18.4 Å². The second kappa shape index (κ2) is 5.41. The van der Waals surface area contributed by atoms with Gasteiger partial charge >= 0.3 is 0 Å². The summed E-state index contributed by atoms with van der Waals surface area (Å²) >= 11 is 0. The molecule has 1 N–H and O–H groups in total. The molecule has 1 aliphatic heterocycles. The zero-order valence-corrected chi connectivity index (χ0v) is 11.3. The molecule has 1 aliphatic carbocycles. The molecule has 1 aromatic rings. The molecule has 2 aliphatic rings. The molecule has 2 fully saturated rings. The Labute approximate surface area is 110 Å². The van der Waals surface area contributed by atoms with Crippen molar-refractivity contribution < 1.29 is 0 Å². The Morgan fingerprint density at radius 2 is 2.11 bits per heavy atom. The van der Waals surface area contributed by atoms with Gasteiger partial charge in [0.05, 0.1) is 0 Å². The number of nitrogens with zero attached hydrogens (tertiary/aromatic N) is 1. The van der Waals surface area contributed by atoms with Gasteiger partial charge in [-0.25, -0.2) is 0 Å². The van der Waals surface area contributed by atoms with Crippen LogP contribution in [0.5, 0.6) is 0 Å². The van der Waals surface area contributed by atoms with E-state index in [1.54, 1.807) is 0 Å². The SMILES string of the molecule is CCCC1CN(C2CC2c2ccccc2)CCN1. The maximum Gasteiger partial charge on any atom is 0.0195 e. The Kier molecular flexibility index (Phi) is 3.67. The molecule has 0 radical (unpaired) electrons. The minimum Gasteiger partial charge on any atom is -0.311 e. The van der Waals surface area contributed by atoms with Gasteiger partial charge in [0.2, 0.25) is 0 Å². The molecule has 0 amide bonds. The summed E-state index contributed by atoms with van der Waals surface area (Å²) in [7, 11) is 0. The normalized spacial score (nSPS) is 32.4. The zero-order chi connectivity index (χ0) is 12.4. The van der Waals surface area contributed by atoms with E-state index in [0.29, 0.717) is 0 Å².